The molecule has 0 saturated carbocycles. The van der Waals surface area contributed by atoms with E-state index in [2.05, 4.69) is 22.5 Å². The fourth-order valence-electron chi connectivity index (χ4n) is 3.61. The summed E-state index contributed by atoms with van der Waals surface area (Å²) in [6.45, 7) is 0.553. The molecule has 1 heterocycles. The zero-order valence-corrected chi connectivity index (χ0v) is 16.5. The van der Waals surface area contributed by atoms with Gasteiger partial charge in [-0.1, -0.05) is 41.9 Å². The van der Waals surface area contributed by atoms with Gasteiger partial charge >= 0.3 is 0 Å². The van der Waals surface area contributed by atoms with E-state index in [0.717, 1.165) is 30.5 Å². The maximum atomic E-state index is 13.2. The normalized spacial score (nSPS) is 15.6. The van der Waals surface area contributed by atoms with Crippen molar-refractivity contribution in [2.45, 2.75) is 31.8 Å². The highest BCUT2D eigenvalue weighted by molar-refractivity contribution is 6.30. The van der Waals surface area contributed by atoms with E-state index in [1.807, 2.05) is 29.1 Å². The highest BCUT2D eigenvalue weighted by atomic mass is 35.5. The predicted molar refractivity (Wildman–Crippen MR) is 108 cm³/mol. The Kier molecular flexibility index (Phi) is 5.81. The zero-order chi connectivity index (χ0) is 20.2. The third-order valence-electron chi connectivity index (χ3n) is 5.03. The van der Waals surface area contributed by atoms with Gasteiger partial charge in [-0.05, 0) is 37.0 Å². The van der Waals surface area contributed by atoms with E-state index in [-0.39, 0.29) is 23.6 Å². The van der Waals surface area contributed by atoms with Gasteiger partial charge in [0.15, 0.2) is 6.61 Å². The second kappa shape index (κ2) is 8.66. The van der Waals surface area contributed by atoms with Crippen LogP contribution in [0.1, 0.15) is 35.7 Å². The van der Waals surface area contributed by atoms with Crippen LogP contribution >= 0.6 is 11.6 Å². The SMILES string of the molecule is O=C(COc1ccc(F)c(Cl)c1)NC1CCCc2c1cnn2Cc1ccccc1. The molecule has 1 aliphatic rings. The summed E-state index contributed by atoms with van der Waals surface area (Å²) in [6, 6.07) is 14.1. The number of carbonyl (C=O) groups excluding carboxylic acids is 1. The average Bonchev–Trinajstić information content (AvgIpc) is 3.13. The van der Waals surface area contributed by atoms with E-state index in [1.165, 1.54) is 23.8 Å². The van der Waals surface area contributed by atoms with E-state index in [0.29, 0.717) is 12.3 Å². The summed E-state index contributed by atoms with van der Waals surface area (Å²) in [5.74, 6) is -0.406. The van der Waals surface area contributed by atoms with Crippen LogP contribution in [0.3, 0.4) is 0 Å². The summed E-state index contributed by atoms with van der Waals surface area (Å²) in [4.78, 5) is 12.4. The smallest absolute Gasteiger partial charge is 0.258 e. The summed E-state index contributed by atoms with van der Waals surface area (Å²) in [5, 5.41) is 7.53. The Labute approximate surface area is 173 Å². The Bertz CT molecular complexity index is 1010. The molecule has 3 aromatic rings. The van der Waals surface area contributed by atoms with Gasteiger partial charge in [0.2, 0.25) is 0 Å². The van der Waals surface area contributed by atoms with Crippen LogP contribution in [0.2, 0.25) is 5.02 Å². The molecule has 5 nitrogen and oxygen atoms in total. The van der Waals surface area contributed by atoms with E-state index in [4.69, 9.17) is 16.3 Å². The number of amides is 1. The second-order valence-electron chi connectivity index (χ2n) is 7.07. The van der Waals surface area contributed by atoms with Gasteiger partial charge in [-0.3, -0.25) is 9.48 Å². The molecule has 1 aliphatic carbocycles. The van der Waals surface area contributed by atoms with Gasteiger partial charge in [0.25, 0.3) is 5.91 Å². The van der Waals surface area contributed by atoms with Gasteiger partial charge in [0.05, 0.1) is 23.8 Å². The zero-order valence-electron chi connectivity index (χ0n) is 15.8. The Morgan fingerprint density at radius 2 is 2.10 bits per heavy atom. The fourth-order valence-corrected chi connectivity index (χ4v) is 3.78. The first-order valence-electron chi connectivity index (χ1n) is 9.56. The molecule has 1 atom stereocenters. The molecule has 0 radical (unpaired) electrons. The summed E-state index contributed by atoms with van der Waals surface area (Å²) >= 11 is 5.74. The molecule has 0 aliphatic heterocycles. The van der Waals surface area contributed by atoms with Gasteiger partial charge in [-0.15, -0.1) is 0 Å². The lowest BCUT2D eigenvalue weighted by atomic mass is 9.93. The predicted octanol–water partition coefficient (Wildman–Crippen LogP) is 4.30. The Morgan fingerprint density at radius 3 is 2.90 bits per heavy atom. The molecule has 2 aromatic carbocycles. The van der Waals surface area contributed by atoms with Crippen molar-refractivity contribution in [1.29, 1.82) is 0 Å². The Hall–Kier alpha value is -2.86. The number of carbonyl (C=O) groups is 1. The number of ether oxygens (including phenoxy) is 1. The van der Waals surface area contributed by atoms with Crippen LogP contribution in [0.15, 0.2) is 54.7 Å². The fraction of sp³-hybridized carbons (Fsp3) is 0.273. The lowest BCUT2D eigenvalue weighted by Gasteiger charge is -2.24. The highest BCUT2D eigenvalue weighted by Gasteiger charge is 2.25. The first-order valence-corrected chi connectivity index (χ1v) is 9.93. The molecule has 0 fully saturated rings. The third-order valence-corrected chi connectivity index (χ3v) is 5.32. The first-order chi connectivity index (χ1) is 14.1. The van der Waals surface area contributed by atoms with Crippen molar-refractivity contribution in [3.8, 4) is 5.75 Å². The van der Waals surface area contributed by atoms with Crippen molar-refractivity contribution < 1.29 is 13.9 Å². The number of aromatic nitrogens is 2. The van der Waals surface area contributed by atoms with Gasteiger partial charge in [-0.2, -0.15) is 5.10 Å². The average molecular weight is 414 g/mol. The standard InChI is InChI=1S/C22H21ClFN3O2/c23-18-11-16(9-10-19(18)24)29-14-22(28)26-20-7-4-8-21-17(20)12-25-27(21)13-15-5-2-1-3-6-15/h1-3,5-6,9-12,20H,4,7-8,13-14H2,(H,26,28). The lowest BCUT2D eigenvalue weighted by molar-refractivity contribution is -0.123. The first kappa shape index (κ1) is 19.5. The number of nitrogens with one attached hydrogen (secondary N) is 1. The minimum Gasteiger partial charge on any atom is -0.484 e. The van der Waals surface area contributed by atoms with Crippen LogP contribution in [-0.4, -0.2) is 22.3 Å². The van der Waals surface area contributed by atoms with Crippen LogP contribution in [-0.2, 0) is 17.8 Å². The van der Waals surface area contributed by atoms with Gasteiger partial charge in [0, 0.05) is 17.3 Å². The number of benzene rings is 2. The maximum Gasteiger partial charge on any atom is 0.258 e. The molecule has 7 heteroatoms. The summed E-state index contributed by atoms with van der Waals surface area (Å²) in [5.41, 5.74) is 3.41. The number of hydrogen-bond donors (Lipinski definition) is 1. The van der Waals surface area contributed by atoms with Gasteiger partial charge in [-0.25, -0.2) is 4.39 Å². The lowest BCUT2D eigenvalue weighted by Crippen LogP contribution is -2.34. The van der Waals surface area contributed by atoms with Crippen molar-refractivity contribution >= 4 is 17.5 Å². The van der Waals surface area contributed by atoms with E-state index in [1.54, 1.807) is 0 Å². The van der Waals surface area contributed by atoms with Crippen molar-refractivity contribution in [3.63, 3.8) is 0 Å². The molecule has 150 valence electrons. The molecule has 1 N–H and O–H groups in total. The summed E-state index contributed by atoms with van der Waals surface area (Å²) in [6.07, 6.45) is 4.63. The van der Waals surface area contributed by atoms with Crippen LogP contribution in [0.25, 0.3) is 0 Å². The largest absolute Gasteiger partial charge is 0.484 e. The minimum atomic E-state index is -0.522. The van der Waals surface area contributed by atoms with Crippen molar-refractivity contribution in [3.05, 3.63) is 82.4 Å². The number of hydrogen-bond acceptors (Lipinski definition) is 3. The third kappa shape index (κ3) is 4.59. The number of fused-ring (bicyclic) bond motifs is 1. The number of halogens is 2. The molecule has 1 unspecified atom stereocenters. The summed E-state index contributed by atoms with van der Waals surface area (Å²) in [7, 11) is 0. The monoisotopic (exact) mass is 413 g/mol. The van der Waals surface area contributed by atoms with E-state index >= 15 is 0 Å². The number of nitrogens with zero attached hydrogens (tertiary/aromatic N) is 2. The van der Waals surface area contributed by atoms with Crippen molar-refractivity contribution in [2.24, 2.45) is 0 Å². The number of rotatable bonds is 6. The van der Waals surface area contributed by atoms with Crippen LogP contribution in [0.4, 0.5) is 4.39 Å². The maximum absolute atomic E-state index is 13.2. The Morgan fingerprint density at radius 1 is 1.28 bits per heavy atom. The molecule has 0 spiro atoms. The van der Waals surface area contributed by atoms with Gasteiger partial charge < -0.3 is 10.1 Å². The second-order valence-corrected chi connectivity index (χ2v) is 7.47. The van der Waals surface area contributed by atoms with Gasteiger partial charge in [0.1, 0.15) is 11.6 Å². The molecular weight excluding hydrogens is 393 g/mol. The molecule has 0 bridgehead atoms. The van der Waals surface area contributed by atoms with Crippen LogP contribution < -0.4 is 10.1 Å². The van der Waals surface area contributed by atoms with E-state index < -0.39 is 5.82 Å². The van der Waals surface area contributed by atoms with Crippen LogP contribution in [0, 0.1) is 5.82 Å². The van der Waals surface area contributed by atoms with Crippen molar-refractivity contribution in [2.75, 3.05) is 6.61 Å². The van der Waals surface area contributed by atoms with Crippen LogP contribution in [0.5, 0.6) is 5.75 Å². The molecular formula is C22H21ClFN3O2. The minimum absolute atomic E-state index is 0.0364. The molecule has 29 heavy (non-hydrogen) atoms. The quantitative estimate of drug-likeness (QED) is 0.655. The topological polar surface area (TPSA) is 56.1 Å². The molecule has 1 aromatic heterocycles. The molecule has 4 rings (SSSR count). The molecule has 0 saturated heterocycles. The van der Waals surface area contributed by atoms with E-state index in [9.17, 15) is 9.18 Å². The van der Waals surface area contributed by atoms with Crippen molar-refractivity contribution in [1.82, 2.24) is 15.1 Å². The summed E-state index contributed by atoms with van der Waals surface area (Å²) < 4.78 is 20.7. The Balaban J connectivity index is 1.39. The highest BCUT2D eigenvalue weighted by Crippen LogP contribution is 2.30. The molecule has 1 amide bonds.